The number of methoxy groups -OCH3 is 2. The van der Waals surface area contributed by atoms with Gasteiger partial charge < -0.3 is 15.2 Å². The van der Waals surface area contributed by atoms with Crippen LogP contribution in [0.15, 0.2) is 0 Å². The SMILES string of the molecule is COC(=O)CCCN1CCC(OC)CC1CN. The van der Waals surface area contributed by atoms with E-state index in [4.69, 9.17) is 10.5 Å². The lowest BCUT2D eigenvalue weighted by atomic mass is 9.99. The zero-order valence-electron chi connectivity index (χ0n) is 10.9. The maximum atomic E-state index is 11.0. The fourth-order valence-corrected chi connectivity index (χ4v) is 2.35. The summed E-state index contributed by atoms with van der Waals surface area (Å²) >= 11 is 0. The number of likely N-dealkylation sites (tertiary alicyclic amines) is 1. The molecule has 0 aliphatic carbocycles. The second-order valence-corrected chi connectivity index (χ2v) is 4.49. The number of hydrogen-bond acceptors (Lipinski definition) is 5. The van der Waals surface area contributed by atoms with E-state index in [1.165, 1.54) is 7.11 Å². The molecule has 0 aromatic heterocycles. The minimum absolute atomic E-state index is 0.138. The summed E-state index contributed by atoms with van der Waals surface area (Å²) in [5.74, 6) is -0.138. The Bertz CT molecular complexity index is 236. The maximum absolute atomic E-state index is 11.0. The highest BCUT2D eigenvalue weighted by Crippen LogP contribution is 2.19. The number of carbonyl (C=O) groups excluding carboxylic acids is 1. The molecule has 17 heavy (non-hydrogen) atoms. The monoisotopic (exact) mass is 244 g/mol. The minimum Gasteiger partial charge on any atom is -0.469 e. The van der Waals surface area contributed by atoms with Crippen molar-refractivity contribution >= 4 is 5.97 Å². The van der Waals surface area contributed by atoms with Gasteiger partial charge in [0.15, 0.2) is 0 Å². The Kier molecular flexibility index (Phi) is 6.47. The topological polar surface area (TPSA) is 64.8 Å². The molecule has 5 nitrogen and oxygen atoms in total. The highest BCUT2D eigenvalue weighted by molar-refractivity contribution is 5.69. The van der Waals surface area contributed by atoms with Gasteiger partial charge in [0, 0.05) is 32.7 Å². The van der Waals surface area contributed by atoms with Crippen molar-refractivity contribution in [3.8, 4) is 0 Å². The van der Waals surface area contributed by atoms with Crippen LogP contribution in [0.1, 0.15) is 25.7 Å². The first-order valence-electron chi connectivity index (χ1n) is 6.25. The van der Waals surface area contributed by atoms with Crippen molar-refractivity contribution < 1.29 is 14.3 Å². The molecule has 2 atom stereocenters. The second-order valence-electron chi connectivity index (χ2n) is 4.49. The first-order chi connectivity index (χ1) is 8.21. The van der Waals surface area contributed by atoms with Gasteiger partial charge in [0.25, 0.3) is 0 Å². The van der Waals surface area contributed by atoms with Crippen LogP contribution >= 0.6 is 0 Å². The molecule has 0 spiro atoms. The zero-order chi connectivity index (χ0) is 12.7. The smallest absolute Gasteiger partial charge is 0.305 e. The van der Waals surface area contributed by atoms with E-state index in [9.17, 15) is 4.79 Å². The van der Waals surface area contributed by atoms with Gasteiger partial charge in [0.2, 0.25) is 0 Å². The fraction of sp³-hybridized carbons (Fsp3) is 0.917. The highest BCUT2D eigenvalue weighted by Gasteiger charge is 2.26. The summed E-state index contributed by atoms with van der Waals surface area (Å²) in [5, 5.41) is 0. The molecule has 5 heteroatoms. The second kappa shape index (κ2) is 7.63. The van der Waals surface area contributed by atoms with Crippen LogP contribution in [0.5, 0.6) is 0 Å². The van der Waals surface area contributed by atoms with E-state index < -0.39 is 0 Å². The van der Waals surface area contributed by atoms with Crippen LogP contribution in [0.25, 0.3) is 0 Å². The lowest BCUT2D eigenvalue weighted by Crippen LogP contribution is -2.48. The van der Waals surface area contributed by atoms with E-state index in [-0.39, 0.29) is 5.97 Å². The molecule has 0 radical (unpaired) electrons. The van der Waals surface area contributed by atoms with Crippen LogP contribution in [-0.2, 0) is 14.3 Å². The number of nitrogens with two attached hydrogens (primary N) is 1. The Morgan fingerprint density at radius 1 is 1.47 bits per heavy atom. The molecule has 0 aromatic rings. The third-order valence-electron chi connectivity index (χ3n) is 3.45. The largest absolute Gasteiger partial charge is 0.469 e. The van der Waals surface area contributed by atoms with Crippen molar-refractivity contribution in [2.45, 2.75) is 37.8 Å². The van der Waals surface area contributed by atoms with Gasteiger partial charge in [-0.25, -0.2) is 0 Å². The number of piperidine rings is 1. The van der Waals surface area contributed by atoms with E-state index in [1.54, 1.807) is 7.11 Å². The quantitative estimate of drug-likeness (QED) is 0.684. The van der Waals surface area contributed by atoms with Crippen molar-refractivity contribution in [3.63, 3.8) is 0 Å². The minimum atomic E-state index is -0.138. The lowest BCUT2D eigenvalue weighted by Gasteiger charge is -2.38. The van der Waals surface area contributed by atoms with Crippen LogP contribution in [0.2, 0.25) is 0 Å². The molecule has 2 unspecified atom stereocenters. The summed E-state index contributed by atoms with van der Waals surface area (Å²) in [7, 11) is 3.18. The highest BCUT2D eigenvalue weighted by atomic mass is 16.5. The van der Waals surface area contributed by atoms with Gasteiger partial charge in [-0.05, 0) is 25.8 Å². The number of nitrogens with zero attached hydrogens (tertiary/aromatic N) is 1. The predicted molar refractivity (Wildman–Crippen MR) is 65.7 cm³/mol. The van der Waals surface area contributed by atoms with Crippen molar-refractivity contribution in [2.24, 2.45) is 5.73 Å². The molecule has 0 bridgehead atoms. The molecule has 2 N–H and O–H groups in total. The molecule has 1 heterocycles. The Labute approximate surface area is 103 Å². The molecule has 0 saturated carbocycles. The van der Waals surface area contributed by atoms with Crippen LogP contribution < -0.4 is 5.73 Å². The van der Waals surface area contributed by atoms with Crippen LogP contribution in [0, 0.1) is 0 Å². The van der Waals surface area contributed by atoms with E-state index in [0.717, 1.165) is 32.4 Å². The predicted octanol–water partition coefficient (Wildman–Crippen LogP) is 0.378. The van der Waals surface area contributed by atoms with Gasteiger partial charge in [-0.15, -0.1) is 0 Å². The molecule has 1 saturated heterocycles. The van der Waals surface area contributed by atoms with Gasteiger partial charge in [0.05, 0.1) is 13.2 Å². The number of carbonyl (C=O) groups is 1. The third kappa shape index (κ3) is 4.61. The van der Waals surface area contributed by atoms with Crippen LogP contribution in [0.4, 0.5) is 0 Å². The van der Waals surface area contributed by atoms with Crippen molar-refractivity contribution in [3.05, 3.63) is 0 Å². The summed E-state index contributed by atoms with van der Waals surface area (Å²) in [5.41, 5.74) is 5.78. The Hall–Kier alpha value is -0.650. The van der Waals surface area contributed by atoms with Crippen molar-refractivity contribution in [1.29, 1.82) is 0 Å². The average Bonchev–Trinajstić information content (AvgIpc) is 2.38. The van der Waals surface area contributed by atoms with Crippen LogP contribution in [-0.4, -0.2) is 56.9 Å². The number of ether oxygens (including phenoxy) is 2. The average molecular weight is 244 g/mol. The lowest BCUT2D eigenvalue weighted by molar-refractivity contribution is -0.140. The number of hydrogen-bond donors (Lipinski definition) is 1. The van der Waals surface area contributed by atoms with E-state index >= 15 is 0 Å². The molecular weight excluding hydrogens is 220 g/mol. The molecule has 0 amide bonds. The van der Waals surface area contributed by atoms with Gasteiger partial charge in [-0.1, -0.05) is 0 Å². The van der Waals surface area contributed by atoms with Crippen molar-refractivity contribution in [1.82, 2.24) is 4.90 Å². The summed E-state index contributed by atoms with van der Waals surface area (Å²) in [6.45, 7) is 2.56. The van der Waals surface area contributed by atoms with Gasteiger partial charge >= 0.3 is 5.97 Å². The molecule has 100 valence electrons. The molecule has 1 rings (SSSR count). The Balaban J connectivity index is 2.29. The normalized spacial score (nSPS) is 25.8. The molecule has 0 aromatic carbocycles. The van der Waals surface area contributed by atoms with E-state index in [2.05, 4.69) is 9.64 Å². The molecule has 1 aliphatic rings. The molecule has 1 fully saturated rings. The first kappa shape index (κ1) is 14.4. The molecular formula is C12H24N2O3. The maximum Gasteiger partial charge on any atom is 0.305 e. The third-order valence-corrected chi connectivity index (χ3v) is 3.45. The van der Waals surface area contributed by atoms with Crippen molar-refractivity contribution in [2.75, 3.05) is 33.9 Å². The number of esters is 1. The number of rotatable bonds is 6. The Morgan fingerprint density at radius 3 is 2.82 bits per heavy atom. The zero-order valence-corrected chi connectivity index (χ0v) is 10.9. The van der Waals surface area contributed by atoms with E-state index in [0.29, 0.717) is 25.1 Å². The first-order valence-corrected chi connectivity index (χ1v) is 6.25. The standard InChI is InChI=1S/C12H24N2O3/c1-16-11-5-7-14(10(8-11)9-13)6-3-4-12(15)17-2/h10-11H,3-9,13H2,1-2H3. The van der Waals surface area contributed by atoms with Gasteiger partial charge in [0.1, 0.15) is 0 Å². The summed E-state index contributed by atoms with van der Waals surface area (Å²) in [6.07, 6.45) is 3.69. The van der Waals surface area contributed by atoms with Gasteiger partial charge in [-0.3, -0.25) is 9.69 Å². The fourth-order valence-electron chi connectivity index (χ4n) is 2.35. The van der Waals surface area contributed by atoms with E-state index in [1.807, 2.05) is 0 Å². The summed E-state index contributed by atoms with van der Waals surface area (Å²) in [6, 6.07) is 0.381. The van der Waals surface area contributed by atoms with Gasteiger partial charge in [-0.2, -0.15) is 0 Å². The Morgan fingerprint density at radius 2 is 2.24 bits per heavy atom. The summed E-state index contributed by atoms with van der Waals surface area (Å²) in [4.78, 5) is 13.4. The summed E-state index contributed by atoms with van der Waals surface area (Å²) < 4.78 is 10.0. The van der Waals surface area contributed by atoms with Crippen LogP contribution in [0.3, 0.4) is 0 Å². The molecule has 1 aliphatic heterocycles.